The van der Waals surface area contributed by atoms with Gasteiger partial charge in [-0.1, -0.05) is 18.2 Å². The van der Waals surface area contributed by atoms with Crippen molar-refractivity contribution in [2.45, 2.75) is 18.9 Å². The van der Waals surface area contributed by atoms with Gasteiger partial charge in [0.1, 0.15) is 11.9 Å². The van der Waals surface area contributed by atoms with E-state index in [9.17, 15) is 9.59 Å². The number of rotatable bonds is 5. The molecule has 166 valence electrons. The molecule has 1 aromatic heterocycles. The highest BCUT2D eigenvalue weighted by Gasteiger charge is 2.34. The first kappa shape index (κ1) is 20.8. The molecule has 0 aliphatic carbocycles. The van der Waals surface area contributed by atoms with Crippen LogP contribution in [-0.4, -0.2) is 46.3 Å². The highest BCUT2D eigenvalue weighted by atomic mass is 16.2. The molecule has 0 unspecified atom stereocenters. The number of H-pyrrole nitrogens is 1. The van der Waals surface area contributed by atoms with Gasteiger partial charge in [0.2, 0.25) is 5.91 Å². The van der Waals surface area contributed by atoms with Gasteiger partial charge >= 0.3 is 0 Å². The number of anilines is 2. The molecule has 0 saturated carbocycles. The third kappa shape index (κ3) is 4.17. The highest BCUT2D eigenvalue weighted by molar-refractivity contribution is 6.02. The number of aromatic nitrogens is 2. The van der Waals surface area contributed by atoms with Crippen molar-refractivity contribution in [3.63, 3.8) is 0 Å². The summed E-state index contributed by atoms with van der Waals surface area (Å²) in [5, 5.41) is 6.09. The third-order valence-corrected chi connectivity index (χ3v) is 6.03. The zero-order chi connectivity index (χ0) is 22.8. The SMILES string of the molecule is CNc1ccc(-c2nc3ccc(NC(=O)[C@@H]4CCCN4C(=O)c4ccccc4)cc3[nH]2)cc1. The highest BCUT2D eigenvalue weighted by Crippen LogP contribution is 2.26. The molecule has 4 aromatic rings. The quantitative estimate of drug-likeness (QED) is 0.427. The molecule has 7 heteroatoms. The maximum atomic E-state index is 13.0. The van der Waals surface area contributed by atoms with Crippen molar-refractivity contribution < 1.29 is 9.59 Å². The second-order valence-corrected chi connectivity index (χ2v) is 8.16. The Labute approximate surface area is 191 Å². The number of carbonyl (C=O) groups is 2. The van der Waals surface area contributed by atoms with Crippen LogP contribution in [0.3, 0.4) is 0 Å². The number of aromatic amines is 1. The van der Waals surface area contributed by atoms with Crippen molar-refractivity contribution in [1.82, 2.24) is 14.9 Å². The first-order valence-corrected chi connectivity index (χ1v) is 11.1. The summed E-state index contributed by atoms with van der Waals surface area (Å²) in [5.41, 5.74) is 4.95. The van der Waals surface area contributed by atoms with Crippen LogP contribution in [-0.2, 0) is 4.79 Å². The minimum absolute atomic E-state index is 0.105. The van der Waals surface area contributed by atoms with Gasteiger partial charge in [-0.05, 0) is 67.4 Å². The van der Waals surface area contributed by atoms with Crippen molar-refractivity contribution in [2.24, 2.45) is 0 Å². The summed E-state index contributed by atoms with van der Waals surface area (Å²) in [4.78, 5) is 35.6. The molecule has 3 N–H and O–H groups in total. The van der Waals surface area contributed by atoms with E-state index >= 15 is 0 Å². The molecule has 2 amide bonds. The fourth-order valence-corrected chi connectivity index (χ4v) is 4.27. The predicted octanol–water partition coefficient (Wildman–Crippen LogP) is 4.51. The molecule has 0 bridgehead atoms. The van der Waals surface area contributed by atoms with Crippen LogP contribution in [0.5, 0.6) is 0 Å². The Balaban J connectivity index is 1.33. The Morgan fingerprint density at radius 3 is 2.52 bits per heavy atom. The Kier molecular flexibility index (Phi) is 5.52. The van der Waals surface area contributed by atoms with Crippen molar-refractivity contribution in [3.05, 3.63) is 78.4 Å². The number of benzene rings is 3. The smallest absolute Gasteiger partial charge is 0.254 e. The van der Waals surface area contributed by atoms with Gasteiger partial charge in [-0.15, -0.1) is 0 Å². The van der Waals surface area contributed by atoms with Gasteiger partial charge in [0.05, 0.1) is 11.0 Å². The minimum atomic E-state index is -0.476. The number of fused-ring (bicyclic) bond motifs is 1. The van der Waals surface area contributed by atoms with Crippen molar-refractivity contribution in [2.75, 3.05) is 24.2 Å². The number of hydrogen-bond acceptors (Lipinski definition) is 4. The molecule has 1 saturated heterocycles. The molecule has 33 heavy (non-hydrogen) atoms. The molecular weight excluding hydrogens is 414 g/mol. The topological polar surface area (TPSA) is 90.1 Å². The molecule has 7 nitrogen and oxygen atoms in total. The lowest BCUT2D eigenvalue weighted by Crippen LogP contribution is -2.43. The number of likely N-dealkylation sites (tertiary alicyclic amines) is 1. The van der Waals surface area contributed by atoms with Gasteiger partial charge in [-0.2, -0.15) is 0 Å². The van der Waals surface area contributed by atoms with Gasteiger partial charge in [0.25, 0.3) is 5.91 Å². The maximum Gasteiger partial charge on any atom is 0.254 e. The van der Waals surface area contributed by atoms with E-state index in [0.29, 0.717) is 24.2 Å². The zero-order valence-electron chi connectivity index (χ0n) is 18.3. The van der Waals surface area contributed by atoms with E-state index < -0.39 is 6.04 Å². The molecule has 3 aromatic carbocycles. The van der Waals surface area contributed by atoms with Gasteiger partial charge in [0, 0.05) is 36.1 Å². The summed E-state index contributed by atoms with van der Waals surface area (Å²) in [6.45, 7) is 0.584. The second-order valence-electron chi connectivity index (χ2n) is 8.16. The number of imidazole rings is 1. The van der Waals surface area contributed by atoms with Gasteiger partial charge in [-0.3, -0.25) is 9.59 Å². The summed E-state index contributed by atoms with van der Waals surface area (Å²) in [5.74, 6) is 0.497. The number of nitrogens with one attached hydrogen (secondary N) is 3. The van der Waals surface area contributed by atoms with E-state index in [1.54, 1.807) is 17.0 Å². The number of nitrogens with zero attached hydrogens (tertiary/aromatic N) is 2. The lowest BCUT2D eigenvalue weighted by Gasteiger charge is -2.24. The number of hydrogen-bond donors (Lipinski definition) is 3. The summed E-state index contributed by atoms with van der Waals surface area (Å²) in [6.07, 6.45) is 1.47. The first-order valence-electron chi connectivity index (χ1n) is 11.1. The molecule has 1 aliphatic rings. The average Bonchev–Trinajstić information content (AvgIpc) is 3.51. The Morgan fingerprint density at radius 1 is 1.00 bits per heavy atom. The van der Waals surface area contributed by atoms with Gasteiger partial charge in [-0.25, -0.2) is 4.98 Å². The molecule has 0 spiro atoms. The van der Waals surface area contributed by atoms with Crippen molar-refractivity contribution in [1.29, 1.82) is 0 Å². The van der Waals surface area contributed by atoms with Crippen LogP contribution in [0.25, 0.3) is 22.4 Å². The summed E-state index contributed by atoms with van der Waals surface area (Å²) >= 11 is 0. The molecule has 1 fully saturated rings. The Bertz CT molecular complexity index is 1300. The molecule has 5 rings (SSSR count). The lowest BCUT2D eigenvalue weighted by molar-refractivity contribution is -0.119. The molecule has 0 radical (unpaired) electrons. The maximum absolute atomic E-state index is 13.0. The largest absolute Gasteiger partial charge is 0.388 e. The molecule has 1 atom stereocenters. The van der Waals surface area contributed by atoms with Crippen LogP contribution >= 0.6 is 0 Å². The fourth-order valence-electron chi connectivity index (χ4n) is 4.27. The van der Waals surface area contributed by atoms with E-state index in [2.05, 4.69) is 20.6 Å². The fraction of sp³-hybridized carbons (Fsp3) is 0.192. The molecule has 1 aliphatic heterocycles. The zero-order valence-corrected chi connectivity index (χ0v) is 18.3. The van der Waals surface area contributed by atoms with Crippen LogP contribution in [0, 0.1) is 0 Å². The third-order valence-electron chi connectivity index (χ3n) is 6.03. The van der Waals surface area contributed by atoms with Crippen LogP contribution in [0.1, 0.15) is 23.2 Å². The van der Waals surface area contributed by atoms with Crippen molar-refractivity contribution in [3.8, 4) is 11.4 Å². The number of amides is 2. The van der Waals surface area contributed by atoms with E-state index in [1.165, 1.54) is 0 Å². The second kappa shape index (κ2) is 8.78. The Hall–Kier alpha value is -4.13. The van der Waals surface area contributed by atoms with Crippen molar-refractivity contribution >= 4 is 34.2 Å². The van der Waals surface area contributed by atoms with Crippen LogP contribution in [0.4, 0.5) is 11.4 Å². The van der Waals surface area contributed by atoms with Crippen LogP contribution < -0.4 is 10.6 Å². The summed E-state index contributed by atoms with van der Waals surface area (Å²) < 4.78 is 0. The van der Waals surface area contributed by atoms with Crippen LogP contribution in [0.15, 0.2) is 72.8 Å². The normalized spacial score (nSPS) is 15.5. The minimum Gasteiger partial charge on any atom is -0.388 e. The van der Waals surface area contributed by atoms with E-state index in [1.807, 2.05) is 67.7 Å². The standard InChI is InChI=1S/C26H25N5O2/c1-27-19-11-9-17(10-12-19)24-29-21-14-13-20(16-22(21)30-24)28-25(32)23-8-5-15-31(23)26(33)18-6-3-2-4-7-18/h2-4,6-7,9-14,16,23,27H,5,8,15H2,1H3,(H,28,32)(H,29,30)/t23-/m0/s1. The monoisotopic (exact) mass is 439 g/mol. The van der Waals surface area contributed by atoms with Gasteiger partial charge < -0.3 is 20.5 Å². The first-order chi connectivity index (χ1) is 16.1. The lowest BCUT2D eigenvalue weighted by atomic mass is 10.1. The predicted molar refractivity (Wildman–Crippen MR) is 130 cm³/mol. The summed E-state index contributed by atoms with van der Waals surface area (Å²) in [6, 6.07) is 22.2. The molecule has 2 heterocycles. The molecular formula is C26H25N5O2. The summed E-state index contributed by atoms with van der Waals surface area (Å²) in [7, 11) is 1.88. The van der Waals surface area contributed by atoms with E-state index in [0.717, 1.165) is 34.5 Å². The average molecular weight is 440 g/mol. The number of carbonyl (C=O) groups excluding carboxylic acids is 2. The van der Waals surface area contributed by atoms with E-state index in [-0.39, 0.29) is 11.8 Å². The van der Waals surface area contributed by atoms with Gasteiger partial charge in [0.15, 0.2) is 0 Å². The Morgan fingerprint density at radius 2 is 1.76 bits per heavy atom. The van der Waals surface area contributed by atoms with Crippen LogP contribution in [0.2, 0.25) is 0 Å². The van der Waals surface area contributed by atoms with E-state index in [4.69, 9.17) is 0 Å².